The van der Waals surface area contributed by atoms with E-state index in [1.54, 1.807) is 0 Å². The Balaban J connectivity index is 0. The summed E-state index contributed by atoms with van der Waals surface area (Å²) in [5.41, 5.74) is 0. The van der Waals surface area contributed by atoms with Crippen molar-refractivity contribution in [2.45, 2.75) is 0 Å². The van der Waals surface area contributed by atoms with Gasteiger partial charge in [-0.1, -0.05) is 0 Å². The van der Waals surface area contributed by atoms with E-state index in [1.165, 1.54) is 0 Å². The molecule has 0 aromatic rings. The van der Waals surface area contributed by atoms with Gasteiger partial charge in [0, 0.05) is 0 Å². The van der Waals surface area contributed by atoms with Crippen LogP contribution in [0, 0.1) is 0 Å². The molecule has 0 aromatic heterocycles. The topological polar surface area (TPSA) is 0 Å². The fourth-order valence-corrected chi connectivity index (χ4v) is 0. The van der Waals surface area contributed by atoms with E-state index >= 15 is 0 Å². The van der Waals surface area contributed by atoms with E-state index in [0.717, 1.165) is 23.7 Å². The van der Waals surface area contributed by atoms with Crippen LogP contribution in [0.3, 0.4) is 0 Å². The zero-order valence-corrected chi connectivity index (χ0v) is 8.40. The predicted molar refractivity (Wildman–Crippen MR) is 20.9 cm³/mol. The van der Waals surface area contributed by atoms with Crippen molar-refractivity contribution in [3.8, 4) is 0 Å². The van der Waals surface area contributed by atoms with Gasteiger partial charge in [-0.05, 0) is 0 Å². The Hall–Kier alpha value is 1.88. The van der Waals surface area contributed by atoms with Gasteiger partial charge in [0.2, 0.25) is 0 Å². The SMILES string of the molecule is [S]=[Mn].[S]=[Pb]. The standard InChI is InChI=1S/Mn.Pb.2S. The monoisotopic (exact) mass is 327 g/mol. The molecule has 4 heteroatoms. The van der Waals surface area contributed by atoms with Crippen LogP contribution in [0.25, 0.3) is 0 Å². The maximum atomic E-state index is 4.22. The first-order valence-electron chi connectivity index (χ1n) is 0.358. The third-order valence-corrected chi connectivity index (χ3v) is 0. The van der Waals surface area contributed by atoms with Gasteiger partial charge in [0.25, 0.3) is 0 Å². The molecule has 0 N–H and O–H groups in total. The normalized spacial score (nSPS) is 2.00. The summed E-state index contributed by atoms with van der Waals surface area (Å²) in [5.74, 6) is 0. The van der Waals surface area contributed by atoms with Gasteiger partial charge in [-0.25, -0.2) is 0 Å². The quantitative estimate of drug-likeness (QED) is 0.607. The van der Waals surface area contributed by atoms with Crippen molar-refractivity contribution in [1.29, 1.82) is 0 Å². The van der Waals surface area contributed by atoms with Gasteiger partial charge in [-0.3, -0.25) is 0 Å². The van der Waals surface area contributed by atoms with Crippen LogP contribution in [0.15, 0.2) is 0 Å². The average molecular weight is 326 g/mol. The molecule has 0 aliphatic rings. The van der Waals surface area contributed by atoms with Crippen molar-refractivity contribution in [3.05, 3.63) is 0 Å². The fourth-order valence-electron chi connectivity index (χ4n) is 0. The summed E-state index contributed by atoms with van der Waals surface area (Å²) >= 11 is 3.41. The number of rotatable bonds is 0. The van der Waals surface area contributed by atoms with Gasteiger partial charge in [0.1, 0.15) is 0 Å². The molecule has 0 aliphatic heterocycles. The molecule has 0 bridgehead atoms. The minimum atomic E-state index is 0.889. The second-order valence-electron chi connectivity index (χ2n) is 0. The molecule has 23 valence electrons. The first kappa shape index (κ1) is 9.30. The predicted octanol–water partition coefficient (Wildman–Crippen LogP) is 0.913. The average Bonchev–Trinajstić information content (AvgIpc) is 1.50. The maximum absolute atomic E-state index is 4.22. The van der Waals surface area contributed by atoms with Gasteiger partial charge >= 0.3 is 57.3 Å². The Morgan fingerprint density at radius 1 is 1.25 bits per heavy atom. The minimum absolute atomic E-state index is 0.889. The Bertz CT molecular complexity index is 8.00. The summed E-state index contributed by atoms with van der Waals surface area (Å²) < 4.78 is 0. The zero-order valence-electron chi connectivity index (χ0n) is 1.69. The summed E-state index contributed by atoms with van der Waals surface area (Å²) in [7, 11) is 8.12. The molecule has 0 unspecified atom stereocenters. The van der Waals surface area contributed by atoms with Gasteiger partial charge in [0.15, 0.2) is 0 Å². The van der Waals surface area contributed by atoms with Gasteiger partial charge in [0.05, 0.1) is 0 Å². The summed E-state index contributed by atoms with van der Waals surface area (Å²) in [5, 5.41) is 0. The molecule has 0 aliphatic carbocycles. The van der Waals surface area contributed by atoms with Crippen LogP contribution in [-0.2, 0) is 14.4 Å². The molecule has 0 saturated carbocycles. The van der Waals surface area contributed by atoms with Gasteiger partial charge in [-0.2, -0.15) is 0 Å². The van der Waals surface area contributed by atoms with E-state index in [4.69, 9.17) is 0 Å². The zero-order chi connectivity index (χ0) is 4.00. The number of hydrogen-bond donors (Lipinski definition) is 0. The molecule has 0 fully saturated rings. The molecule has 0 atom stereocenters. The van der Waals surface area contributed by atoms with Crippen LogP contribution in [0.4, 0.5) is 0 Å². The molecule has 0 aromatic carbocycles. The molecule has 0 nitrogen and oxygen atoms in total. The van der Waals surface area contributed by atoms with Gasteiger partial charge in [-0.15, -0.1) is 0 Å². The van der Waals surface area contributed by atoms with E-state index in [2.05, 4.69) is 33.6 Å². The Kier molecular flexibility index (Phi) is 48.3. The van der Waals surface area contributed by atoms with Crippen molar-refractivity contribution in [2.75, 3.05) is 0 Å². The third kappa shape index (κ3) is 9.10. The van der Waals surface area contributed by atoms with Crippen molar-refractivity contribution >= 4 is 42.9 Å². The summed E-state index contributed by atoms with van der Waals surface area (Å²) in [6.07, 6.45) is 0. The van der Waals surface area contributed by atoms with Gasteiger partial charge < -0.3 is 0 Å². The molecule has 0 spiro atoms. The molecule has 0 rings (SSSR count). The van der Waals surface area contributed by atoms with Crippen molar-refractivity contribution in [3.63, 3.8) is 0 Å². The molecule has 0 heterocycles. The van der Waals surface area contributed by atoms with E-state index in [-0.39, 0.29) is 0 Å². The summed E-state index contributed by atoms with van der Waals surface area (Å²) in [6, 6.07) is 0. The summed E-state index contributed by atoms with van der Waals surface area (Å²) in [4.78, 5) is 0. The van der Waals surface area contributed by atoms with E-state index < -0.39 is 0 Å². The van der Waals surface area contributed by atoms with Crippen LogP contribution in [0.1, 0.15) is 0 Å². The Labute approximate surface area is 56.5 Å². The Morgan fingerprint density at radius 2 is 1.25 bits per heavy atom. The van der Waals surface area contributed by atoms with Crippen LogP contribution >= 0.6 is 19.2 Å². The van der Waals surface area contributed by atoms with Crippen molar-refractivity contribution in [2.24, 2.45) is 0 Å². The first-order chi connectivity index (χ1) is 2.00. The van der Waals surface area contributed by atoms with Crippen LogP contribution in [0.2, 0.25) is 0 Å². The van der Waals surface area contributed by atoms with Crippen LogP contribution in [-0.4, -0.2) is 23.7 Å². The second kappa shape index (κ2) is 20.8. The van der Waals surface area contributed by atoms with Crippen molar-refractivity contribution < 1.29 is 14.4 Å². The molecule has 2 radical (unpaired) electrons. The number of hydrogen-bond acceptors (Lipinski definition) is 2. The van der Waals surface area contributed by atoms with Crippen LogP contribution in [0.5, 0.6) is 0 Å². The van der Waals surface area contributed by atoms with E-state index in [1.807, 2.05) is 0 Å². The second-order valence-corrected chi connectivity index (χ2v) is 0. The Morgan fingerprint density at radius 3 is 1.25 bits per heavy atom. The van der Waals surface area contributed by atoms with Crippen LogP contribution < -0.4 is 0 Å². The summed E-state index contributed by atoms with van der Waals surface area (Å²) in [6.45, 7) is 0. The molecule has 0 amide bonds. The molecule has 0 saturated heterocycles. The van der Waals surface area contributed by atoms with E-state index in [9.17, 15) is 0 Å². The fraction of sp³-hybridized carbons (Fsp3) is 0. The third-order valence-electron chi connectivity index (χ3n) is 0. The molecular weight excluding hydrogens is 326 g/mol. The molecular formula is MnPbS2. The van der Waals surface area contributed by atoms with E-state index in [0.29, 0.717) is 0 Å². The first-order valence-corrected chi connectivity index (χ1v) is 7.28. The molecule has 4 heavy (non-hydrogen) atoms. The van der Waals surface area contributed by atoms with Crippen molar-refractivity contribution in [1.82, 2.24) is 0 Å².